The number of rotatable bonds is 6. The van der Waals surface area contributed by atoms with E-state index in [9.17, 15) is 13.6 Å². The lowest BCUT2D eigenvalue weighted by atomic mass is 10.2. The molecule has 3 rings (SSSR count). The van der Waals surface area contributed by atoms with Crippen molar-refractivity contribution in [2.45, 2.75) is 12.7 Å². The van der Waals surface area contributed by atoms with Gasteiger partial charge < -0.3 is 4.42 Å². The molecule has 0 spiro atoms. The van der Waals surface area contributed by atoms with Crippen molar-refractivity contribution >= 4 is 35.0 Å². The largest absolute Gasteiger partial charge is 0.402 e. The summed E-state index contributed by atoms with van der Waals surface area (Å²) in [5.41, 5.74) is 0.961. The quantitative estimate of drug-likeness (QED) is 0.691. The zero-order valence-electron chi connectivity index (χ0n) is 13.1. The van der Waals surface area contributed by atoms with E-state index in [4.69, 9.17) is 4.42 Å². The molecule has 9 heteroatoms. The minimum atomic E-state index is -0.624. The minimum absolute atomic E-state index is 0.00349. The molecule has 0 radical (unpaired) electrons. The Morgan fingerprint density at radius 1 is 1.28 bits per heavy atom. The number of amides is 1. The highest BCUT2D eigenvalue weighted by Crippen LogP contribution is 2.28. The van der Waals surface area contributed by atoms with Crippen molar-refractivity contribution in [1.82, 2.24) is 10.2 Å². The van der Waals surface area contributed by atoms with Crippen LogP contribution in [0.15, 0.2) is 34.1 Å². The van der Waals surface area contributed by atoms with Crippen molar-refractivity contribution in [3.8, 4) is 10.8 Å². The molecule has 1 aromatic carbocycles. The van der Waals surface area contributed by atoms with E-state index < -0.39 is 11.6 Å². The molecule has 0 saturated carbocycles. The van der Waals surface area contributed by atoms with Crippen LogP contribution in [0.5, 0.6) is 0 Å². The van der Waals surface area contributed by atoms with Crippen molar-refractivity contribution in [1.29, 1.82) is 0 Å². The molecular weight excluding hydrogens is 368 g/mol. The lowest BCUT2D eigenvalue weighted by Crippen LogP contribution is -2.14. The Morgan fingerprint density at radius 3 is 2.72 bits per heavy atom. The third kappa shape index (κ3) is 4.23. The highest BCUT2D eigenvalue weighted by Gasteiger charge is 2.15. The van der Waals surface area contributed by atoms with Crippen LogP contribution in [0, 0.1) is 18.6 Å². The average Bonchev–Trinajstić information content (AvgIpc) is 3.19. The number of carbonyl (C=O) groups excluding carboxylic acids is 1. The normalized spacial score (nSPS) is 10.8. The lowest BCUT2D eigenvalue weighted by molar-refractivity contribution is -0.113. The summed E-state index contributed by atoms with van der Waals surface area (Å²) in [7, 11) is 0. The predicted octanol–water partition coefficient (Wildman–Crippen LogP) is 4.26. The molecule has 0 aliphatic rings. The summed E-state index contributed by atoms with van der Waals surface area (Å²) in [5, 5.41) is 12.1. The molecule has 2 heterocycles. The Kier molecular flexibility index (Phi) is 5.44. The van der Waals surface area contributed by atoms with Crippen LogP contribution in [-0.4, -0.2) is 21.9 Å². The highest BCUT2D eigenvalue weighted by molar-refractivity contribution is 7.99. The van der Waals surface area contributed by atoms with Gasteiger partial charge in [-0.3, -0.25) is 10.1 Å². The fourth-order valence-electron chi connectivity index (χ4n) is 2.03. The van der Waals surface area contributed by atoms with E-state index in [1.54, 1.807) is 0 Å². The minimum Gasteiger partial charge on any atom is -0.402 e. The molecule has 0 aliphatic heterocycles. The molecule has 0 atom stereocenters. The van der Waals surface area contributed by atoms with Gasteiger partial charge in [0.2, 0.25) is 5.91 Å². The first-order chi connectivity index (χ1) is 12.0. The van der Waals surface area contributed by atoms with Gasteiger partial charge in [0.05, 0.1) is 10.6 Å². The van der Waals surface area contributed by atoms with Crippen LogP contribution in [0.25, 0.3) is 10.8 Å². The third-order valence-electron chi connectivity index (χ3n) is 3.27. The predicted molar refractivity (Wildman–Crippen MR) is 93.5 cm³/mol. The maximum atomic E-state index is 13.5. The van der Waals surface area contributed by atoms with Gasteiger partial charge in [0.15, 0.2) is 0 Å². The maximum Gasteiger partial charge on any atom is 0.322 e. The van der Waals surface area contributed by atoms with E-state index in [-0.39, 0.29) is 29.0 Å². The molecule has 1 amide bonds. The summed E-state index contributed by atoms with van der Waals surface area (Å²) in [4.78, 5) is 12.7. The number of aromatic nitrogens is 2. The Labute approximate surface area is 150 Å². The summed E-state index contributed by atoms with van der Waals surface area (Å²) in [6.07, 6.45) is 0. The Morgan fingerprint density at radius 2 is 2.04 bits per heavy atom. The van der Waals surface area contributed by atoms with Crippen LogP contribution in [0.4, 0.5) is 14.8 Å². The van der Waals surface area contributed by atoms with Crippen molar-refractivity contribution in [3.63, 3.8) is 0 Å². The summed E-state index contributed by atoms with van der Waals surface area (Å²) in [6, 6.07) is 5.59. The van der Waals surface area contributed by atoms with Gasteiger partial charge in [-0.15, -0.1) is 28.2 Å². The smallest absolute Gasteiger partial charge is 0.322 e. The number of nitrogens with one attached hydrogen (secondary N) is 1. The number of benzene rings is 1. The number of carbonyl (C=O) groups is 1. The van der Waals surface area contributed by atoms with Crippen LogP contribution < -0.4 is 5.32 Å². The molecule has 5 nitrogen and oxygen atoms in total. The van der Waals surface area contributed by atoms with Crippen LogP contribution in [0.2, 0.25) is 0 Å². The second kappa shape index (κ2) is 7.75. The molecule has 3 aromatic rings. The van der Waals surface area contributed by atoms with E-state index in [0.717, 1.165) is 22.2 Å². The summed E-state index contributed by atoms with van der Waals surface area (Å²) in [6.45, 7) is 1.92. The van der Waals surface area contributed by atoms with Gasteiger partial charge >= 0.3 is 6.01 Å². The second-order valence-corrected chi connectivity index (χ2v) is 6.99. The van der Waals surface area contributed by atoms with Crippen molar-refractivity contribution in [2.24, 2.45) is 0 Å². The molecule has 0 aliphatic carbocycles. The van der Waals surface area contributed by atoms with E-state index in [1.807, 2.05) is 18.4 Å². The number of anilines is 1. The topological polar surface area (TPSA) is 68.0 Å². The SMILES string of the molecule is Cc1ccsc1-c1nnc(NC(=O)CSCc2c(F)cccc2F)o1. The Bertz CT molecular complexity index is 875. The van der Waals surface area contributed by atoms with E-state index >= 15 is 0 Å². The summed E-state index contributed by atoms with van der Waals surface area (Å²) < 4.78 is 32.4. The van der Waals surface area contributed by atoms with E-state index in [0.29, 0.717) is 5.89 Å². The van der Waals surface area contributed by atoms with Gasteiger partial charge in [0.25, 0.3) is 5.89 Å². The Balaban J connectivity index is 1.53. The number of hydrogen-bond donors (Lipinski definition) is 1. The number of halogens is 2. The molecule has 0 bridgehead atoms. The highest BCUT2D eigenvalue weighted by atomic mass is 32.2. The van der Waals surface area contributed by atoms with Gasteiger partial charge in [0, 0.05) is 11.3 Å². The fraction of sp³-hybridized carbons (Fsp3) is 0.188. The van der Waals surface area contributed by atoms with Gasteiger partial charge in [0.1, 0.15) is 11.6 Å². The van der Waals surface area contributed by atoms with Gasteiger partial charge in [-0.25, -0.2) is 8.78 Å². The van der Waals surface area contributed by atoms with E-state index in [2.05, 4.69) is 15.5 Å². The van der Waals surface area contributed by atoms with Crippen LogP contribution in [-0.2, 0) is 10.5 Å². The molecule has 1 N–H and O–H groups in total. The molecule has 0 unspecified atom stereocenters. The Hall–Kier alpha value is -2.26. The molecule has 0 fully saturated rings. The monoisotopic (exact) mass is 381 g/mol. The van der Waals surface area contributed by atoms with Crippen molar-refractivity contribution in [2.75, 3.05) is 11.1 Å². The third-order valence-corrected chi connectivity index (χ3v) is 5.23. The standard InChI is InChI=1S/C16H13F2N3O2S2/c1-9-5-6-25-14(9)15-20-21-16(23-15)19-13(22)8-24-7-10-11(17)3-2-4-12(10)18/h2-6H,7-8H2,1H3,(H,19,21,22). The fourth-order valence-corrected chi connectivity index (χ4v) is 3.71. The number of aryl methyl sites for hydroxylation is 1. The van der Waals surface area contributed by atoms with Gasteiger partial charge in [-0.2, -0.15) is 0 Å². The first kappa shape index (κ1) is 17.6. The molecular formula is C16H13F2N3O2S2. The van der Waals surface area contributed by atoms with Gasteiger partial charge in [-0.05, 0) is 36.1 Å². The van der Waals surface area contributed by atoms with Crippen molar-refractivity contribution in [3.05, 3.63) is 52.4 Å². The maximum absolute atomic E-state index is 13.5. The first-order valence-corrected chi connectivity index (χ1v) is 9.26. The summed E-state index contributed by atoms with van der Waals surface area (Å²) >= 11 is 2.55. The number of hydrogen-bond acceptors (Lipinski definition) is 6. The zero-order valence-corrected chi connectivity index (χ0v) is 14.7. The molecule has 2 aromatic heterocycles. The number of thioether (sulfide) groups is 1. The van der Waals surface area contributed by atoms with Crippen molar-refractivity contribution < 1.29 is 18.0 Å². The molecule has 0 saturated heterocycles. The number of nitrogens with zero attached hydrogens (tertiary/aromatic N) is 2. The number of thiophene rings is 1. The second-order valence-electron chi connectivity index (χ2n) is 5.09. The van der Waals surface area contributed by atoms with Gasteiger partial charge in [-0.1, -0.05) is 11.2 Å². The van der Waals surface area contributed by atoms with Crippen LogP contribution in [0.1, 0.15) is 11.1 Å². The first-order valence-electron chi connectivity index (χ1n) is 7.23. The lowest BCUT2D eigenvalue weighted by Gasteiger charge is -2.04. The van der Waals surface area contributed by atoms with Crippen LogP contribution >= 0.6 is 23.1 Å². The summed E-state index contributed by atoms with van der Waals surface area (Å²) in [5.74, 6) is -1.25. The zero-order chi connectivity index (χ0) is 17.8. The average molecular weight is 381 g/mol. The van der Waals surface area contributed by atoms with E-state index in [1.165, 1.54) is 29.5 Å². The van der Waals surface area contributed by atoms with Crippen LogP contribution in [0.3, 0.4) is 0 Å². The molecule has 130 valence electrons. The molecule has 25 heavy (non-hydrogen) atoms.